The maximum atomic E-state index is 14.0. The zero-order valence-electron chi connectivity index (χ0n) is 11.3. The van der Waals surface area contributed by atoms with E-state index in [0.29, 0.717) is 19.7 Å². The van der Waals surface area contributed by atoms with Crippen LogP contribution in [0.4, 0.5) is 14.5 Å². The highest BCUT2D eigenvalue weighted by atomic mass is 19.2. The van der Waals surface area contributed by atoms with Gasteiger partial charge in [-0.05, 0) is 18.9 Å². The van der Waals surface area contributed by atoms with Gasteiger partial charge in [0, 0.05) is 25.2 Å². The lowest BCUT2D eigenvalue weighted by Crippen LogP contribution is -2.38. The van der Waals surface area contributed by atoms with Gasteiger partial charge in [-0.3, -0.25) is 0 Å². The predicted octanol–water partition coefficient (Wildman–Crippen LogP) is 1.40. The molecule has 4 nitrogen and oxygen atoms in total. The van der Waals surface area contributed by atoms with Crippen molar-refractivity contribution < 1.29 is 18.6 Å². The van der Waals surface area contributed by atoms with Gasteiger partial charge in [0.1, 0.15) is 0 Å². The number of aliphatic hydroxyl groups is 1. The summed E-state index contributed by atoms with van der Waals surface area (Å²) in [6, 6.07) is 3.11. The normalized spacial score (nSPS) is 16.7. The van der Waals surface area contributed by atoms with E-state index in [4.69, 9.17) is 15.6 Å². The first-order chi connectivity index (χ1) is 9.67. The molecule has 0 aliphatic carbocycles. The molecule has 1 aromatic rings. The Morgan fingerprint density at radius 2 is 1.95 bits per heavy atom. The molecule has 1 heterocycles. The standard InChI is InChI=1S/C14H20F2N2O2/c15-13-10(9-17)1-2-12(14(13)16)18-5-3-11(4-6-18)20-8-7-19/h1-2,11,19H,3-9,17H2. The Kier molecular flexibility index (Phi) is 5.28. The molecule has 20 heavy (non-hydrogen) atoms. The summed E-state index contributed by atoms with van der Waals surface area (Å²) in [5, 5.41) is 8.71. The van der Waals surface area contributed by atoms with E-state index in [1.54, 1.807) is 6.07 Å². The molecular formula is C14H20F2N2O2. The molecule has 112 valence electrons. The van der Waals surface area contributed by atoms with Crippen LogP contribution < -0.4 is 10.6 Å². The maximum absolute atomic E-state index is 14.0. The quantitative estimate of drug-likeness (QED) is 0.859. The predicted molar refractivity (Wildman–Crippen MR) is 72.5 cm³/mol. The first-order valence-electron chi connectivity index (χ1n) is 6.81. The number of aliphatic hydroxyl groups excluding tert-OH is 1. The smallest absolute Gasteiger partial charge is 0.182 e. The molecule has 0 aromatic heterocycles. The molecular weight excluding hydrogens is 266 g/mol. The fourth-order valence-corrected chi connectivity index (χ4v) is 2.46. The van der Waals surface area contributed by atoms with Gasteiger partial charge in [-0.25, -0.2) is 8.78 Å². The molecule has 0 radical (unpaired) electrons. The van der Waals surface area contributed by atoms with E-state index < -0.39 is 11.6 Å². The molecule has 0 unspecified atom stereocenters. The largest absolute Gasteiger partial charge is 0.394 e. The van der Waals surface area contributed by atoms with Crippen LogP contribution in [0.1, 0.15) is 18.4 Å². The van der Waals surface area contributed by atoms with Gasteiger partial charge in [0.05, 0.1) is 25.0 Å². The van der Waals surface area contributed by atoms with Gasteiger partial charge in [-0.2, -0.15) is 0 Å². The Labute approximate surface area is 117 Å². The third kappa shape index (κ3) is 3.26. The minimum absolute atomic E-state index is 0.000600. The van der Waals surface area contributed by atoms with Gasteiger partial charge in [0.2, 0.25) is 0 Å². The Morgan fingerprint density at radius 1 is 1.25 bits per heavy atom. The lowest BCUT2D eigenvalue weighted by Gasteiger charge is -2.33. The third-order valence-electron chi connectivity index (χ3n) is 3.59. The Bertz CT molecular complexity index is 449. The second kappa shape index (κ2) is 6.97. The van der Waals surface area contributed by atoms with Crippen molar-refractivity contribution in [1.29, 1.82) is 0 Å². The molecule has 1 fully saturated rings. The highest BCUT2D eigenvalue weighted by Crippen LogP contribution is 2.27. The SMILES string of the molecule is NCc1ccc(N2CCC(OCCO)CC2)c(F)c1F. The van der Waals surface area contributed by atoms with Gasteiger partial charge in [0.15, 0.2) is 11.6 Å². The number of hydrogen-bond donors (Lipinski definition) is 2. The summed E-state index contributed by atoms with van der Waals surface area (Å²) in [5.74, 6) is -1.69. The van der Waals surface area contributed by atoms with E-state index in [9.17, 15) is 8.78 Å². The van der Waals surface area contributed by atoms with E-state index in [1.807, 2.05) is 4.90 Å². The van der Waals surface area contributed by atoms with Crippen molar-refractivity contribution in [2.24, 2.45) is 5.73 Å². The van der Waals surface area contributed by atoms with Gasteiger partial charge < -0.3 is 20.5 Å². The fraction of sp³-hybridized carbons (Fsp3) is 0.571. The Morgan fingerprint density at radius 3 is 2.55 bits per heavy atom. The van der Waals surface area contributed by atoms with Gasteiger partial charge in [-0.1, -0.05) is 6.07 Å². The number of ether oxygens (including phenoxy) is 1. The molecule has 1 aromatic carbocycles. The van der Waals surface area contributed by atoms with E-state index in [2.05, 4.69) is 0 Å². The number of halogens is 2. The number of hydrogen-bond acceptors (Lipinski definition) is 4. The average molecular weight is 286 g/mol. The minimum Gasteiger partial charge on any atom is -0.394 e. The molecule has 3 N–H and O–H groups in total. The summed E-state index contributed by atoms with van der Waals surface area (Å²) in [4.78, 5) is 1.82. The highest BCUT2D eigenvalue weighted by molar-refractivity contribution is 5.50. The van der Waals surface area contributed by atoms with Crippen molar-refractivity contribution in [3.8, 4) is 0 Å². The van der Waals surface area contributed by atoms with E-state index >= 15 is 0 Å². The van der Waals surface area contributed by atoms with Crippen LogP contribution in [0.5, 0.6) is 0 Å². The molecule has 1 aliphatic heterocycles. The number of piperidine rings is 1. The molecule has 1 aliphatic rings. The zero-order chi connectivity index (χ0) is 14.5. The van der Waals surface area contributed by atoms with Gasteiger partial charge >= 0.3 is 0 Å². The maximum Gasteiger partial charge on any atom is 0.182 e. The molecule has 1 saturated heterocycles. The summed E-state index contributed by atoms with van der Waals surface area (Å²) in [6.07, 6.45) is 1.55. The van der Waals surface area contributed by atoms with Crippen molar-refractivity contribution in [2.45, 2.75) is 25.5 Å². The van der Waals surface area contributed by atoms with Crippen LogP contribution in [0.25, 0.3) is 0 Å². The van der Waals surface area contributed by atoms with Gasteiger partial charge in [-0.15, -0.1) is 0 Å². The summed E-state index contributed by atoms with van der Waals surface area (Å²) < 4.78 is 33.2. The van der Waals surface area contributed by atoms with Crippen LogP contribution in [-0.4, -0.2) is 37.5 Å². The van der Waals surface area contributed by atoms with E-state index in [1.165, 1.54) is 6.07 Å². The van der Waals surface area contributed by atoms with E-state index in [-0.39, 0.29) is 30.5 Å². The van der Waals surface area contributed by atoms with Crippen molar-refractivity contribution >= 4 is 5.69 Å². The van der Waals surface area contributed by atoms with Crippen LogP contribution in [0.15, 0.2) is 12.1 Å². The second-order valence-corrected chi connectivity index (χ2v) is 4.86. The molecule has 0 saturated carbocycles. The number of nitrogens with two attached hydrogens (primary N) is 1. The highest BCUT2D eigenvalue weighted by Gasteiger charge is 2.23. The summed E-state index contributed by atoms with van der Waals surface area (Å²) in [6.45, 7) is 1.52. The lowest BCUT2D eigenvalue weighted by molar-refractivity contribution is 0.0158. The van der Waals surface area contributed by atoms with Crippen molar-refractivity contribution in [3.05, 3.63) is 29.3 Å². The van der Waals surface area contributed by atoms with Crippen LogP contribution >= 0.6 is 0 Å². The van der Waals surface area contributed by atoms with Crippen LogP contribution in [0, 0.1) is 11.6 Å². The Balaban J connectivity index is 2.02. The molecule has 0 spiro atoms. The van der Waals surface area contributed by atoms with E-state index in [0.717, 1.165) is 12.8 Å². The second-order valence-electron chi connectivity index (χ2n) is 4.86. The first kappa shape index (κ1) is 15.2. The lowest BCUT2D eigenvalue weighted by atomic mass is 10.1. The Hall–Kier alpha value is -1.24. The topological polar surface area (TPSA) is 58.7 Å². The monoisotopic (exact) mass is 286 g/mol. The summed E-state index contributed by atoms with van der Waals surface area (Å²) >= 11 is 0. The first-order valence-corrected chi connectivity index (χ1v) is 6.81. The molecule has 0 atom stereocenters. The van der Waals surface area contributed by atoms with Gasteiger partial charge in [0.25, 0.3) is 0 Å². The molecule has 0 amide bonds. The number of rotatable bonds is 5. The number of anilines is 1. The van der Waals surface area contributed by atoms with Crippen molar-refractivity contribution in [2.75, 3.05) is 31.2 Å². The fourth-order valence-electron chi connectivity index (χ4n) is 2.46. The summed E-state index contributed by atoms with van der Waals surface area (Å²) in [5.41, 5.74) is 5.82. The van der Waals surface area contributed by atoms with Crippen LogP contribution in [0.3, 0.4) is 0 Å². The molecule has 0 bridgehead atoms. The average Bonchev–Trinajstić information content (AvgIpc) is 2.48. The molecule has 2 rings (SSSR count). The third-order valence-corrected chi connectivity index (χ3v) is 3.59. The van der Waals surface area contributed by atoms with Crippen molar-refractivity contribution in [1.82, 2.24) is 0 Å². The minimum atomic E-state index is -0.858. The van der Waals surface area contributed by atoms with Crippen molar-refractivity contribution in [3.63, 3.8) is 0 Å². The van der Waals surface area contributed by atoms with Crippen LogP contribution in [-0.2, 0) is 11.3 Å². The molecule has 6 heteroatoms. The number of nitrogens with zero attached hydrogens (tertiary/aromatic N) is 1. The zero-order valence-corrected chi connectivity index (χ0v) is 11.3. The number of benzene rings is 1. The summed E-state index contributed by atoms with van der Waals surface area (Å²) in [7, 11) is 0. The van der Waals surface area contributed by atoms with Crippen LogP contribution in [0.2, 0.25) is 0 Å².